The Kier molecular flexibility index (Phi) is 7.26. The topological polar surface area (TPSA) is 46.2 Å². The van der Waals surface area contributed by atoms with Gasteiger partial charge in [0, 0.05) is 6.61 Å². The van der Waals surface area contributed by atoms with Crippen molar-refractivity contribution in [3.05, 3.63) is 35.4 Å². The first kappa shape index (κ1) is 12.1. The van der Waals surface area contributed by atoms with Crippen LogP contribution in [0.15, 0.2) is 24.3 Å². The molecule has 1 aromatic rings. The quantitative estimate of drug-likeness (QED) is 0.742. The molecule has 2 nitrogen and oxygen atoms in total. The lowest BCUT2D eigenvalue weighted by molar-refractivity contribution is 0.288. The molecule has 0 unspecified atom stereocenters. The molecule has 0 bridgehead atoms. The number of nitrogens with two attached hydrogens (primary N) is 1. The maximum Gasteiger partial charge on any atom is 0.0434 e. The maximum atomic E-state index is 8.58. The molecule has 0 heterocycles. The highest BCUT2D eigenvalue weighted by atomic mass is 16.2. The second-order valence-corrected chi connectivity index (χ2v) is 2.81. The smallest absolute Gasteiger partial charge is 0.0434 e. The second-order valence-electron chi connectivity index (χ2n) is 2.81. The summed E-state index contributed by atoms with van der Waals surface area (Å²) < 4.78 is 0. The van der Waals surface area contributed by atoms with Crippen LogP contribution in [-0.4, -0.2) is 18.8 Å². The summed E-state index contributed by atoms with van der Waals surface area (Å²) in [6.45, 7) is 2.36. The van der Waals surface area contributed by atoms with Crippen molar-refractivity contribution in [3.8, 4) is 0 Å². The van der Waals surface area contributed by atoms with Crippen LogP contribution in [0.3, 0.4) is 0 Å². The standard InChI is InChI=1S/C10H14O.CH5N/c1-9-4-6-10(7-5-9)3-2-8-11;1-2/h4-7,11H,2-3,8H2,1H3;2H2,1H3. The maximum absolute atomic E-state index is 8.58. The Morgan fingerprint density at radius 1 is 1.15 bits per heavy atom. The van der Waals surface area contributed by atoms with Crippen LogP contribution in [0.2, 0.25) is 0 Å². The predicted molar refractivity (Wildman–Crippen MR) is 56.7 cm³/mol. The largest absolute Gasteiger partial charge is 0.396 e. The minimum atomic E-state index is 0.286. The number of aliphatic hydroxyl groups excluding tert-OH is 1. The second kappa shape index (κ2) is 7.77. The molecule has 0 aliphatic rings. The fourth-order valence-electron chi connectivity index (χ4n) is 1.04. The minimum Gasteiger partial charge on any atom is -0.396 e. The van der Waals surface area contributed by atoms with E-state index in [0.29, 0.717) is 0 Å². The molecule has 0 spiro atoms. The molecule has 0 aromatic heterocycles. The molecule has 13 heavy (non-hydrogen) atoms. The van der Waals surface area contributed by atoms with E-state index in [1.807, 2.05) is 0 Å². The number of aryl methyl sites for hydroxylation is 2. The molecule has 0 saturated heterocycles. The fraction of sp³-hybridized carbons (Fsp3) is 0.455. The molecular formula is C11H19NO. The third-order valence-corrected chi connectivity index (χ3v) is 1.74. The average molecular weight is 181 g/mol. The first-order chi connectivity index (χ1) is 6.33. The predicted octanol–water partition coefficient (Wildman–Crippen LogP) is 1.49. The SMILES string of the molecule is CN.Cc1ccc(CCCO)cc1. The molecule has 0 fully saturated rings. The highest BCUT2D eigenvalue weighted by molar-refractivity contribution is 5.21. The molecule has 3 N–H and O–H groups in total. The summed E-state index contributed by atoms with van der Waals surface area (Å²) in [5, 5.41) is 8.58. The number of aliphatic hydroxyl groups is 1. The van der Waals surface area contributed by atoms with Gasteiger partial charge in [0.05, 0.1) is 0 Å². The first-order valence-corrected chi connectivity index (χ1v) is 4.57. The monoisotopic (exact) mass is 181 g/mol. The summed E-state index contributed by atoms with van der Waals surface area (Å²) in [6, 6.07) is 8.44. The van der Waals surface area contributed by atoms with Gasteiger partial charge in [-0.1, -0.05) is 29.8 Å². The van der Waals surface area contributed by atoms with Crippen molar-refractivity contribution in [3.63, 3.8) is 0 Å². The van der Waals surface area contributed by atoms with E-state index in [2.05, 4.69) is 36.9 Å². The van der Waals surface area contributed by atoms with Gasteiger partial charge in [0.1, 0.15) is 0 Å². The molecule has 1 rings (SSSR count). The summed E-state index contributed by atoms with van der Waals surface area (Å²) in [6.07, 6.45) is 1.85. The van der Waals surface area contributed by atoms with E-state index in [9.17, 15) is 0 Å². The Morgan fingerprint density at radius 2 is 1.69 bits per heavy atom. The van der Waals surface area contributed by atoms with Crippen molar-refractivity contribution in [2.75, 3.05) is 13.7 Å². The third-order valence-electron chi connectivity index (χ3n) is 1.74. The minimum absolute atomic E-state index is 0.286. The van der Waals surface area contributed by atoms with Crippen molar-refractivity contribution in [2.24, 2.45) is 5.73 Å². The van der Waals surface area contributed by atoms with Crippen LogP contribution in [0.5, 0.6) is 0 Å². The van der Waals surface area contributed by atoms with Crippen molar-refractivity contribution in [2.45, 2.75) is 19.8 Å². The zero-order valence-electron chi connectivity index (χ0n) is 8.46. The van der Waals surface area contributed by atoms with E-state index >= 15 is 0 Å². The van der Waals surface area contributed by atoms with Crippen LogP contribution < -0.4 is 5.73 Å². The highest BCUT2D eigenvalue weighted by Gasteiger charge is 1.90. The van der Waals surface area contributed by atoms with E-state index in [0.717, 1.165) is 12.8 Å². The summed E-state index contributed by atoms with van der Waals surface area (Å²) in [5.74, 6) is 0. The lowest BCUT2D eigenvalue weighted by atomic mass is 10.1. The van der Waals surface area contributed by atoms with Gasteiger partial charge in [-0.15, -0.1) is 0 Å². The van der Waals surface area contributed by atoms with E-state index < -0.39 is 0 Å². The van der Waals surface area contributed by atoms with E-state index in [-0.39, 0.29) is 6.61 Å². The fourth-order valence-corrected chi connectivity index (χ4v) is 1.04. The molecule has 0 radical (unpaired) electrons. The Bertz CT molecular complexity index is 206. The highest BCUT2D eigenvalue weighted by Crippen LogP contribution is 2.04. The zero-order valence-corrected chi connectivity index (χ0v) is 8.46. The van der Waals surface area contributed by atoms with Gasteiger partial charge in [-0.25, -0.2) is 0 Å². The Morgan fingerprint density at radius 3 is 2.15 bits per heavy atom. The summed E-state index contributed by atoms with van der Waals surface area (Å²) >= 11 is 0. The molecule has 0 saturated carbocycles. The normalized spacial score (nSPS) is 8.92. The van der Waals surface area contributed by atoms with Crippen molar-refractivity contribution >= 4 is 0 Å². The molecule has 0 amide bonds. The van der Waals surface area contributed by atoms with Crippen molar-refractivity contribution < 1.29 is 5.11 Å². The first-order valence-electron chi connectivity index (χ1n) is 4.57. The van der Waals surface area contributed by atoms with Crippen LogP contribution in [0.4, 0.5) is 0 Å². The van der Waals surface area contributed by atoms with E-state index in [4.69, 9.17) is 5.11 Å². The Balaban J connectivity index is 0.000000671. The molecular weight excluding hydrogens is 162 g/mol. The Hall–Kier alpha value is -0.860. The van der Waals surface area contributed by atoms with E-state index in [1.165, 1.54) is 18.2 Å². The molecule has 1 aromatic carbocycles. The van der Waals surface area contributed by atoms with Gasteiger partial charge in [-0.2, -0.15) is 0 Å². The van der Waals surface area contributed by atoms with Gasteiger partial charge in [0.2, 0.25) is 0 Å². The van der Waals surface area contributed by atoms with Crippen LogP contribution in [0.25, 0.3) is 0 Å². The summed E-state index contributed by atoms with van der Waals surface area (Å²) in [7, 11) is 1.50. The van der Waals surface area contributed by atoms with Crippen LogP contribution in [0.1, 0.15) is 17.5 Å². The van der Waals surface area contributed by atoms with Gasteiger partial charge < -0.3 is 10.8 Å². The molecule has 0 atom stereocenters. The van der Waals surface area contributed by atoms with Gasteiger partial charge in [0.25, 0.3) is 0 Å². The zero-order chi connectivity index (χ0) is 10.1. The van der Waals surface area contributed by atoms with Crippen LogP contribution >= 0.6 is 0 Å². The Labute approximate surface area is 80.4 Å². The van der Waals surface area contributed by atoms with Crippen molar-refractivity contribution in [1.82, 2.24) is 0 Å². The number of hydrogen-bond donors (Lipinski definition) is 2. The average Bonchev–Trinajstić information content (AvgIpc) is 2.20. The van der Waals surface area contributed by atoms with Gasteiger partial charge in [-0.3, -0.25) is 0 Å². The van der Waals surface area contributed by atoms with Crippen molar-refractivity contribution in [1.29, 1.82) is 0 Å². The number of hydrogen-bond acceptors (Lipinski definition) is 2. The number of rotatable bonds is 3. The lowest BCUT2D eigenvalue weighted by Gasteiger charge is -1.98. The summed E-state index contributed by atoms with van der Waals surface area (Å²) in [5.41, 5.74) is 7.10. The molecule has 2 heteroatoms. The molecule has 0 aliphatic heterocycles. The van der Waals surface area contributed by atoms with E-state index in [1.54, 1.807) is 0 Å². The molecule has 74 valence electrons. The number of benzene rings is 1. The molecule has 0 aliphatic carbocycles. The van der Waals surface area contributed by atoms with Crippen LogP contribution in [-0.2, 0) is 6.42 Å². The third kappa shape index (κ3) is 5.39. The lowest BCUT2D eigenvalue weighted by Crippen LogP contribution is -1.88. The van der Waals surface area contributed by atoms with Gasteiger partial charge in [-0.05, 0) is 32.4 Å². The summed E-state index contributed by atoms with van der Waals surface area (Å²) in [4.78, 5) is 0. The van der Waals surface area contributed by atoms with Gasteiger partial charge in [0.15, 0.2) is 0 Å². The van der Waals surface area contributed by atoms with Crippen LogP contribution in [0, 0.1) is 6.92 Å². The van der Waals surface area contributed by atoms with Gasteiger partial charge >= 0.3 is 0 Å².